The Morgan fingerprint density at radius 1 is 0.810 bits per heavy atom. The van der Waals surface area contributed by atoms with Crippen molar-refractivity contribution in [1.82, 2.24) is 0 Å². The molecule has 6 nitrogen and oxygen atoms in total. The first-order chi connectivity index (χ1) is 20.2. The van der Waals surface area contributed by atoms with Crippen LogP contribution >= 0.6 is 0 Å². The summed E-state index contributed by atoms with van der Waals surface area (Å²) in [5.74, 6) is -1.72. The zero-order valence-electron chi connectivity index (χ0n) is 25.7. The van der Waals surface area contributed by atoms with Gasteiger partial charge < -0.3 is 19.7 Å². The molecule has 3 rings (SSSR count). The molecule has 0 heterocycles. The van der Waals surface area contributed by atoms with Crippen LogP contribution in [0.1, 0.15) is 114 Å². The number of hydrogen-bond acceptors (Lipinski definition) is 5. The van der Waals surface area contributed by atoms with Gasteiger partial charge in [0.1, 0.15) is 11.3 Å². The highest BCUT2D eigenvalue weighted by Gasteiger charge is 2.38. The van der Waals surface area contributed by atoms with Crippen LogP contribution in [-0.4, -0.2) is 40.0 Å². The van der Waals surface area contributed by atoms with E-state index in [0.29, 0.717) is 0 Å². The number of hydrogen-bond donors (Lipinski definition) is 2. The molecule has 0 radical (unpaired) electrons. The van der Waals surface area contributed by atoms with Crippen molar-refractivity contribution in [2.45, 2.75) is 116 Å². The number of phenolic OH excluding ortho intramolecular Hbond substituents is 1. The van der Waals surface area contributed by atoms with E-state index in [1.807, 2.05) is 50.3 Å². The fraction of sp³-hybridized carbons (Fsp3) is 0.500. The van der Waals surface area contributed by atoms with Crippen molar-refractivity contribution in [3.63, 3.8) is 0 Å². The Hall–Kier alpha value is -3.38. The Balaban J connectivity index is 1.61. The van der Waals surface area contributed by atoms with E-state index < -0.39 is 17.5 Å². The smallest absolute Gasteiger partial charge is 0.344 e. The molecule has 0 fully saturated rings. The van der Waals surface area contributed by atoms with Crippen molar-refractivity contribution in [2.75, 3.05) is 0 Å². The lowest BCUT2D eigenvalue weighted by Crippen LogP contribution is -2.41. The molecule has 0 spiro atoms. The lowest BCUT2D eigenvalue weighted by atomic mass is 9.87. The van der Waals surface area contributed by atoms with Crippen LogP contribution in [0.25, 0.3) is 11.1 Å². The van der Waals surface area contributed by atoms with E-state index in [4.69, 9.17) is 9.47 Å². The van der Waals surface area contributed by atoms with Gasteiger partial charge in [-0.1, -0.05) is 101 Å². The van der Waals surface area contributed by atoms with Gasteiger partial charge in [0.05, 0.1) is 12.2 Å². The van der Waals surface area contributed by atoms with Gasteiger partial charge >= 0.3 is 11.9 Å². The minimum Gasteiger partial charge on any atom is -0.507 e. The molecule has 42 heavy (non-hydrogen) atoms. The minimum absolute atomic E-state index is 0.0792. The summed E-state index contributed by atoms with van der Waals surface area (Å²) in [6, 6.07) is 12.9. The van der Waals surface area contributed by atoms with Gasteiger partial charge in [-0.2, -0.15) is 0 Å². The first-order valence-corrected chi connectivity index (χ1v) is 15.6. The average molecular weight is 577 g/mol. The van der Waals surface area contributed by atoms with Gasteiger partial charge in [0, 0.05) is 5.92 Å². The Kier molecular flexibility index (Phi) is 12.9. The number of benzene rings is 2. The van der Waals surface area contributed by atoms with E-state index in [2.05, 4.69) is 13.8 Å². The number of rotatable bonds is 17. The molecule has 0 saturated carbocycles. The first-order valence-electron chi connectivity index (χ1n) is 15.6. The molecule has 0 saturated heterocycles. The summed E-state index contributed by atoms with van der Waals surface area (Å²) < 4.78 is 11.6. The molecular weight excluding hydrogens is 528 g/mol. The molecule has 2 N–H and O–H groups in total. The van der Waals surface area contributed by atoms with Crippen LogP contribution in [0.4, 0.5) is 0 Å². The van der Waals surface area contributed by atoms with Gasteiger partial charge in [0.15, 0.2) is 0 Å². The highest BCUT2D eigenvalue weighted by atomic mass is 16.5. The van der Waals surface area contributed by atoms with Gasteiger partial charge in [-0.05, 0) is 74.1 Å². The molecule has 0 bridgehead atoms. The van der Waals surface area contributed by atoms with Crippen LogP contribution < -0.4 is 0 Å². The number of ether oxygens (including phenoxy) is 2. The van der Waals surface area contributed by atoms with E-state index in [9.17, 15) is 19.8 Å². The third kappa shape index (κ3) is 9.32. The normalized spacial score (nSPS) is 19.4. The van der Waals surface area contributed by atoms with Crippen molar-refractivity contribution in [3.8, 4) is 16.9 Å². The number of carboxylic acids is 1. The number of phenols is 1. The standard InChI is InChI=1S/C36H48O6/c1-5-7-9-11-13-26(3)41-34(38)32-20-19-31(25-33(32)37)29-17-15-28(16-18-29)30-21-23-36(24-22-30,35(39)40)42-27(4)14-12-10-8-6-2/h15-27,30,37H,5-14H2,1-4H3,(H,39,40)/t26-,27-,30?,36?/m0/s1. The van der Waals surface area contributed by atoms with Crippen LogP contribution in [0, 0.1) is 0 Å². The van der Waals surface area contributed by atoms with Gasteiger partial charge in [0.2, 0.25) is 5.60 Å². The largest absolute Gasteiger partial charge is 0.507 e. The number of allylic oxidation sites excluding steroid dienone is 2. The SMILES string of the molecule is CCCCCC[C@H](C)OC(=O)c1ccc(-c2ccc(C3C=CC(O[C@@H](C)CCCCCC)(C(=O)O)C=C3)cc2)cc1O. The van der Waals surface area contributed by atoms with Crippen LogP contribution in [0.2, 0.25) is 0 Å². The Bertz CT molecular complexity index is 1200. The maximum atomic E-state index is 12.6. The lowest BCUT2D eigenvalue weighted by molar-refractivity contribution is -0.158. The van der Waals surface area contributed by atoms with E-state index in [-0.39, 0.29) is 29.4 Å². The van der Waals surface area contributed by atoms with Crippen LogP contribution in [0.5, 0.6) is 5.75 Å². The predicted molar refractivity (Wildman–Crippen MR) is 168 cm³/mol. The highest BCUT2D eigenvalue weighted by Crippen LogP contribution is 2.33. The summed E-state index contributed by atoms with van der Waals surface area (Å²) in [4.78, 5) is 24.8. The van der Waals surface area contributed by atoms with Gasteiger partial charge in [-0.15, -0.1) is 0 Å². The molecule has 1 aliphatic rings. The van der Waals surface area contributed by atoms with Crippen LogP contribution in [0.3, 0.4) is 0 Å². The van der Waals surface area contributed by atoms with Gasteiger partial charge in [-0.25, -0.2) is 9.59 Å². The van der Waals surface area contributed by atoms with Gasteiger partial charge in [0.25, 0.3) is 0 Å². The number of carboxylic acid groups (broad SMARTS) is 1. The van der Waals surface area contributed by atoms with E-state index in [1.54, 1.807) is 30.4 Å². The minimum atomic E-state index is -1.45. The van der Waals surface area contributed by atoms with Crippen molar-refractivity contribution < 1.29 is 29.3 Å². The van der Waals surface area contributed by atoms with Crippen molar-refractivity contribution >= 4 is 11.9 Å². The highest BCUT2D eigenvalue weighted by molar-refractivity contribution is 5.93. The Morgan fingerprint density at radius 3 is 1.93 bits per heavy atom. The van der Waals surface area contributed by atoms with Crippen molar-refractivity contribution in [1.29, 1.82) is 0 Å². The molecule has 0 aromatic heterocycles. The molecular formula is C36H48O6. The summed E-state index contributed by atoms with van der Waals surface area (Å²) in [6.07, 6.45) is 17.3. The Labute approximate surface area is 251 Å². The summed E-state index contributed by atoms with van der Waals surface area (Å²) in [6.45, 7) is 8.15. The molecule has 0 aliphatic heterocycles. The van der Waals surface area contributed by atoms with E-state index >= 15 is 0 Å². The number of aromatic hydroxyl groups is 1. The molecule has 2 aromatic rings. The predicted octanol–water partition coefficient (Wildman–Crippen LogP) is 8.98. The zero-order chi connectivity index (χ0) is 30.5. The Morgan fingerprint density at radius 2 is 1.38 bits per heavy atom. The maximum absolute atomic E-state index is 12.6. The average Bonchev–Trinajstić information content (AvgIpc) is 2.98. The summed E-state index contributed by atoms with van der Waals surface area (Å²) in [5, 5.41) is 20.6. The van der Waals surface area contributed by atoms with E-state index in [1.165, 1.54) is 12.8 Å². The second kappa shape index (κ2) is 16.3. The lowest BCUT2D eigenvalue weighted by Gasteiger charge is -2.30. The van der Waals surface area contributed by atoms with Crippen LogP contribution in [0.15, 0.2) is 66.8 Å². The molecule has 228 valence electrons. The zero-order valence-corrected chi connectivity index (χ0v) is 25.7. The number of aliphatic carboxylic acids is 1. The van der Waals surface area contributed by atoms with Crippen LogP contribution in [-0.2, 0) is 14.3 Å². The fourth-order valence-electron chi connectivity index (χ4n) is 5.30. The van der Waals surface area contributed by atoms with Crippen molar-refractivity contribution in [2.24, 2.45) is 0 Å². The fourth-order valence-corrected chi connectivity index (χ4v) is 5.30. The maximum Gasteiger partial charge on any atom is 0.344 e. The third-order valence-electron chi connectivity index (χ3n) is 7.92. The molecule has 1 aliphatic carbocycles. The summed E-state index contributed by atoms with van der Waals surface area (Å²) in [5.41, 5.74) is 1.39. The summed E-state index contributed by atoms with van der Waals surface area (Å²) >= 11 is 0. The summed E-state index contributed by atoms with van der Waals surface area (Å²) in [7, 11) is 0. The van der Waals surface area contributed by atoms with E-state index in [0.717, 1.165) is 68.1 Å². The second-order valence-electron chi connectivity index (χ2n) is 11.5. The second-order valence-corrected chi connectivity index (χ2v) is 11.5. The first kappa shape index (κ1) is 33.1. The number of carbonyl (C=O) groups excluding carboxylic acids is 1. The molecule has 0 amide bonds. The number of carbonyl (C=O) groups is 2. The quantitative estimate of drug-likeness (QED) is 0.111. The molecule has 2 aromatic carbocycles. The molecule has 0 unspecified atom stereocenters. The topological polar surface area (TPSA) is 93.1 Å². The van der Waals surface area contributed by atoms with Crippen molar-refractivity contribution in [3.05, 3.63) is 77.9 Å². The molecule has 6 heteroatoms. The number of esters is 1. The molecule has 2 atom stereocenters. The third-order valence-corrected chi connectivity index (χ3v) is 7.92. The monoisotopic (exact) mass is 576 g/mol. The number of unbranched alkanes of at least 4 members (excludes halogenated alkanes) is 6. The van der Waals surface area contributed by atoms with Gasteiger partial charge in [-0.3, -0.25) is 0 Å².